The summed E-state index contributed by atoms with van der Waals surface area (Å²) in [5.41, 5.74) is 2.29. The molecule has 7 heteroatoms. The minimum absolute atomic E-state index is 0.115. The van der Waals surface area contributed by atoms with Gasteiger partial charge in [-0.1, -0.05) is 24.3 Å². The number of pyridine rings is 1. The lowest BCUT2D eigenvalue weighted by molar-refractivity contribution is -0.120. The first-order chi connectivity index (χ1) is 14.6. The number of nitrogens with one attached hydrogen (secondary N) is 2. The summed E-state index contributed by atoms with van der Waals surface area (Å²) < 4.78 is 10.8. The lowest BCUT2D eigenvalue weighted by Gasteiger charge is -2.09. The molecule has 154 valence electrons. The summed E-state index contributed by atoms with van der Waals surface area (Å²) in [5, 5.41) is 5.39. The quantitative estimate of drug-likeness (QED) is 0.571. The van der Waals surface area contributed by atoms with Gasteiger partial charge in [0.25, 0.3) is 5.91 Å². The third-order valence-electron chi connectivity index (χ3n) is 4.28. The van der Waals surface area contributed by atoms with E-state index in [1.807, 2.05) is 36.4 Å². The maximum absolute atomic E-state index is 12.3. The van der Waals surface area contributed by atoms with Crippen molar-refractivity contribution in [2.24, 2.45) is 0 Å². The van der Waals surface area contributed by atoms with E-state index in [1.54, 1.807) is 43.8 Å². The molecule has 3 rings (SSSR count). The van der Waals surface area contributed by atoms with Crippen LogP contribution in [0.2, 0.25) is 0 Å². The van der Waals surface area contributed by atoms with Crippen molar-refractivity contribution in [2.45, 2.75) is 13.2 Å². The van der Waals surface area contributed by atoms with Crippen molar-refractivity contribution in [1.82, 2.24) is 15.6 Å². The van der Waals surface area contributed by atoms with Crippen molar-refractivity contribution >= 4 is 11.8 Å². The van der Waals surface area contributed by atoms with Gasteiger partial charge in [0, 0.05) is 30.1 Å². The second kappa shape index (κ2) is 10.6. The van der Waals surface area contributed by atoms with Crippen molar-refractivity contribution in [3.8, 4) is 11.5 Å². The molecule has 0 aliphatic rings. The fourth-order valence-corrected chi connectivity index (χ4v) is 2.65. The van der Waals surface area contributed by atoms with E-state index in [2.05, 4.69) is 15.6 Å². The van der Waals surface area contributed by atoms with Crippen LogP contribution in [-0.4, -0.2) is 30.5 Å². The number of benzene rings is 2. The number of nitrogens with zero attached hydrogens (tertiary/aromatic N) is 1. The molecule has 0 spiro atoms. The van der Waals surface area contributed by atoms with Gasteiger partial charge in [0.1, 0.15) is 18.1 Å². The first-order valence-electron chi connectivity index (χ1n) is 9.43. The minimum Gasteiger partial charge on any atom is -0.497 e. The van der Waals surface area contributed by atoms with E-state index in [-0.39, 0.29) is 18.4 Å². The zero-order valence-electron chi connectivity index (χ0n) is 16.6. The highest BCUT2D eigenvalue weighted by molar-refractivity contribution is 5.96. The van der Waals surface area contributed by atoms with E-state index >= 15 is 0 Å². The van der Waals surface area contributed by atoms with Crippen LogP contribution in [0.3, 0.4) is 0 Å². The molecule has 0 radical (unpaired) electrons. The van der Waals surface area contributed by atoms with Crippen LogP contribution in [0, 0.1) is 0 Å². The highest BCUT2D eigenvalue weighted by atomic mass is 16.5. The average Bonchev–Trinajstić information content (AvgIpc) is 2.81. The fraction of sp³-hybridized carbons (Fsp3) is 0.174. The zero-order chi connectivity index (χ0) is 21.2. The Balaban J connectivity index is 1.45. The lowest BCUT2D eigenvalue weighted by Crippen LogP contribution is -2.36. The standard InChI is InChI=1S/C23H23N3O4/c1-29-20-9-7-17(8-10-20)14-25-22(27)15-26-23(28)19-5-2-6-21(12-19)30-16-18-4-3-11-24-13-18/h2-13H,14-16H2,1H3,(H,25,27)(H,26,28). The van der Waals surface area contributed by atoms with E-state index in [1.165, 1.54) is 0 Å². The normalized spacial score (nSPS) is 10.2. The van der Waals surface area contributed by atoms with Crippen LogP contribution in [0.5, 0.6) is 11.5 Å². The number of carbonyl (C=O) groups excluding carboxylic acids is 2. The molecule has 0 saturated carbocycles. The van der Waals surface area contributed by atoms with Crippen molar-refractivity contribution in [3.05, 3.63) is 89.7 Å². The predicted octanol–water partition coefficient (Wildman–Crippen LogP) is 2.72. The van der Waals surface area contributed by atoms with Gasteiger partial charge < -0.3 is 20.1 Å². The monoisotopic (exact) mass is 405 g/mol. The molecule has 1 aromatic heterocycles. The van der Waals surface area contributed by atoms with Crippen LogP contribution in [0.1, 0.15) is 21.5 Å². The minimum atomic E-state index is -0.346. The molecule has 3 aromatic rings. The molecule has 0 aliphatic heterocycles. The fourth-order valence-electron chi connectivity index (χ4n) is 2.65. The second-order valence-corrected chi connectivity index (χ2v) is 6.49. The van der Waals surface area contributed by atoms with Crippen molar-refractivity contribution in [2.75, 3.05) is 13.7 Å². The molecule has 0 unspecified atom stereocenters. The molecule has 2 amide bonds. The van der Waals surface area contributed by atoms with Gasteiger partial charge in [-0.2, -0.15) is 0 Å². The Kier molecular flexibility index (Phi) is 7.38. The molecule has 7 nitrogen and oxygen atoms in total. The molecule has 0 fully saturated rings. The number of methoxy groups -OCH3 is 1. The maximum Gasteiger partial charge on any atom is 0.251 e. The highest BCUT2D eigenvalue weighted by Gasteiger charge is 2.09. The molecule has 0 atom stereocenters. The highest BCUT2D eigenvalue weighted by Crippen LogP contribution is 2.15. The van der Waals surface area contributed by atoms with Crippen molar-refractivity contribution < 1.29 is 19.1 Å². The third kappa shape index (κ3) is 6.34. The molecule has 0 bridgehead atoms. The molecule has 2 aromatic carbocycles. The summed E-state index contributed by atoms with van der Waals surface area (Å²) in [5.74, 6) is 0.698. The van der Waals surface area contributed by atoms with Gasteiger partial charge in [-0.15, -0.1) is 0 Å². The number of hydrogen-bond acceptors (Lipinski definition) is 5. The molecule has 2 N–H and O–H groups in total. The van der Waals surface area contributed by atoms with Gasteiger partial charge in [-0.25, -0.2) is 0 Å². The molecule has 0 aliphatic carbocycles. The first-order valence-corrected chi connectivity index (χ1v) is 9.43. The Labute approximate surface area is 175 Å². The van der Waals surface area contributed by atoms with E-state index in [9.17, 15) is 9.59 Å². The number of hydrogen-bond donors (Lipinski definition) is 2. The predicted molar refractivity (Wildman–Crippen MR) is 112 cm³/mol. The average molecular weight is 405 g/mol. The summed E-state index contributed by atoms with van der Waals surface area (Å²) >= 11 is 0. The van der Waals surface area contributed by atoms with Gasteiger partial charge >= 0.3 is 0 Å². The largest absolute Gasteiger partial charge is 0.497 e. The molecule has 1 heterocycles. The first kappa shape index (κ1) is 20.9. The van der Waals surface area contributed by atoms with Gasteiger partial charge in [0.05, 0.1) is 13.7 Å². The summed E-state index contributed by atoms with van der Waals surface area (Å²) in [6.07, 6.45) is 3.42. The summed E-state index contributed by atoms with van der Waals surface area (Å²) in [7, 11) is 1.60. The SMILES string of the molecule is COc1ccc(CNC(=O)CNC(=O)c2cccc(OCc3cccnc3)c2)cc1. The van der Waals surface area contributed by atoms with E-state index in [0.717, 1.165) is 16.9 Å². The summed E-state index contributed by atoms with van der Waals surface area (Å²) in [4.78, 5) is 28.4. The lowest BCUT2D eigenvalue weighted by atomic mass is 10.2. The number of rotatable bonds is 9. The van der Waals surface area contributed by atoms with E-state index in [4.69, 9.17) is 9.47 Å². The van der Waals surface area contributed by atoms with Crippen molar-refractivity contribution in [3.63, 3.8) is 0 Å². The number of carbonyl (C=O) groups is 2. The summed E-state index contributed by atoms with van der Waals surface area (Å²) in [6, 6.07) is 18.0. The number of amides is 2. The smallest absolute Gasteiger partial charge is 0.251 e. The Morgan fingerprint density at radius 2 is 1.77 bits per heavy atom. The Morgan fingerprint density at radius 1 is 0.933 bits per heavy atom. The Morgan fingerprint density at radius 3 is 2.50 bits per heavy atom. The van der Waals surface area contributed by atoms with E-state index in [0.29, 0.717) is 24.5 Å². The van der Waals surface area contributed by atoms with Gasteiger partial charge in [-0.3, -0.25) is 14.6 Å². The van der Waals surface area contributed by atoms with Crippen LogP contribution in [-0.2, 0) is 17.9 Å². The second-order valence-electron chi connectivity index (χ2n) is 6.49. The van der Waals surface area contributed by atoms with Crippen LogP contribution >= 0.6 is 0 Å². The number of aromatic nitrogens is 1. The van der Waals surface area contributed by atoms with Gasteiger partial charge in [-0.05, 0) is 42.0 Å². The molecular formula is C23H23N3O4. The van der Waals surface area contributed by atoms with Gasteiger partial charge in [0.2, 0.25) is 5.91 Å². The van der Waals surface area contributed by atoms with Crippen LogP contribution in [0.15, 0.2) is 73.1 Å². The number of ether oxygens (including phenoxy) is 2. The van der Waals surface area contributed by atoms with Crippen LogP contribution in [0.4, 0.5) is 0 Å². The van der Waals surface area contributed by atoms with Crippen LogP contribution < -0.4 is 20.1 Å². The zero-order valence-corrected chi connectivity index (χ0v) is 16.6. The maximum atomic E-state index is 12.3. The Hall–Kier alpha value is -3.87. The van der Waals surface area contributed by atoms with Crippen molar-refractivity contribution in [1.29, 1.82) is 0 Å². The van der Waals surface area contributed by atoms with Crippen LogP contribution in [0.25, 0.3) is 0 Å². The molecular weight excluding hydrogens is 382 g/mol. The topological polar surface area (TPSA) is 89.6 Å². The summed E-state index contributed by atoms with van der Waals surface area (Å²) in [6.45, 7) is 0.610. The van der Waals surface area contributed by atoms with E-state index < -0.39 is 0 Å². The third-order valence-corrected chi connectivity index (χ3v) is 4.28. The van der Waals surface area contributed by atoms with Gasteiger partial charge in [0.15, 0.2) is 0 Å². The Bertz CT molecular complexity index is 975. The molecule has 0 saturated heterocycles. The molecule has 30 heavy (non-hydrogen) atoms.